The van der Waals surface area contributed by atoms with Crippen LogP contribution in [0.2, 0.25) is 0 Å². The van der Waals surface area contributed by atoms with Gasteiger partial charge in [0.2, 0.25) is 17.7 Å². The Morgan fingerprint density at radius 2 is 1.41 bits per heavy atom. The fraction of sp³-hybridized carbons (Fsp3) is 0.737. The smallest absolute Gasteiger partial charge is 0.326 e. The molecule has 0 aliphatic carbocycles. The number of nitrogens with two attached hydrogens (primary N) is 3. The standard InChI is InChI=1S/C19H37N7O5S3/c1-33-8-5-11(20)15(27)26-14(10-32)17(29)24-12(6-9-34-2)16(28)25-13(18(30)31)4-3-7-23-19(21)22/h11-14,32H,3-10,20H2,1-2H3,(H,24,29)(H,25,28)(H,26,27)(H,30,31)(H4,21,22,23). The second-order valence-corrected chi connectivity index (χ2v) is 9.66. The molecule has 4 atom stereocenters. The molecule has 196 valence electrons. The Morgan fingerprint density at radius 3 is 1.94 bits per heavy atom. The topological polar surface area (TPSA) is 215 Å². The van der Waals surface area contributed by atoms with Crippen LogP contribution in [0, 0.1) is 0 Å². The highest BCUT2D eigenvalue weighted by Crippen LogP contribution is 2.06. The zero-order valence-corrected chi connectivity index (χ0v) is 22.0. The number of carboxylic acid groups (broad SMARTS) is 1. The van der Waals surface area contributed by atoms with Gasteiger partial charge in [0, 0.05) is 12.3 Å². The number of nitrogens with zero attached hydrogens (tertiary/aromatic N) is 1. The third-order valence-electron chi connectivity index (χ3n) is 4.59. The number of carbonyl (C=O) groups is 4. The molecule has 15 heteroatoms. The van der Waals surface area contributed by atoms with Gasteiger partial charge in [0.05, 0.1) is 6.04 Å². The molecule has 34 heavy (non-hydrogen) atoms. The largest absolute Gasteiger partial charge is 0.480 e. The van der Waals surface area contributed by atoms with E-state index in [1.54, 1.807) is 11.8 Å². The average Bonchev–Trinajstić information content (AvgIpc) is 2.79. The summed E-state index contributed by atoms with van der Waals surface area (Å²) in [6.07, 6.45) is 4.89. The van der Waals surface area contributed by atoms with Crippen LogP contribution in [0.25, 0.3) is 0 Å². The van der Waals surface area contributed by atoms with Crippen molar-refractivity contribution < 1.29 is 24.3 Å². The lowest BCUT2D eigenvalue weighted by Gasteiger charge is -2.24. The lowest BCUT2D eigenvalue weighted by Crippen LogP contribution is -2.57. The summed E-state index contributed by atoms with van der Waals surface area (Å²) < 4.78 is 0. The normalized spacial score (nSPS) is 14.2. The Hall–Kier alpha value is -1.84. The van der Waals surface area contributed by atoms with Gasteiger partial charge in [-0.3, -0.25) is 19.4 Å². The first kappa shape index (κ1) is 32.2. The quantitative estimate of drug-likeness (QED) is 0.0429. The van der Waals surface area contributed by atoms with Gasteiger partial charge in [-0.25, -0.2) is 4.79 Å². The molecule has 0 heterocycles. The molecule has 12 nitrogen and oxygen atoms in total. The number of hydrogen-bond acceptors (Lipinski definition) is 9. The van der Waals surface area contributed by atoms with E-state index in [1.165, 1.54) is 11.8 Å². The minimum Gasteiger partial charge on any atom is -0.480 e. The molecule has 0 aliphatic heterocycles. The molecular formula is C19H37N7O5S3. The highest BCUT2D eigenvalue weighted by atomic mass is 32.2. The molecule has 0 spiro atoms. The third-order valence-corrected chi connectivity index (χ3v) is 6.24. The Kier molecular flexibility index (Phi) is 17.5. The maximum absolute atomic E-state index is 12.8. The van der Waals surface area contributed by atoms with Crippen LogP contribution in [-0.2, 0) is 19.2 Å². The molecule has 0 rings (SSSR count). The summed E-state index contributed by atoms with van der Waals surface area (Å²) in [6.45, 7) is 0.219. The zero-order chi connectivity index (χ0) is 26.1. The molecule has 0 saturated carbocycles. The van der Waals surface area contributed by atoms with E-state index < -0.39 is 47.9 Å². The van der Waals surface area contributed by atoms with Crippen LogP contribution in [0.4, 0.5) is 0 Å². The molecule has 0 aromatic rings. The number of rotatable bonds is 18. The van der Waals surface area contributed by atoms with Crippen molar-refractivity contribution in [2.24, 2.45) is 22.2 Å². The van der Waals surface area contributed by atoms with Crippen LogP contribution in [0.5, 0.6) is 0 Å². The van der Waals surface area contributed by atoms with Crippen LogP contribution >= 0.6 is 36.2 Å². The average molecular weight is 540 g/mol. The van der Waals surface area contributed by atoms with Crippen molar-refractivity contribution in [3.63, 3.8) is 0 Å². The lowest BCUT2D eigenvalue weighted by atomic mass is 10.1. The van der Waals surface area contributed by atoms with E-state index in [1.807, 2.05) is 12.5 Å². The molecular weight excluding hydrogens is 502 g/mol. The van der Waals surface area contributed by atoms with Crippen LogP contribution in [0.1, 0.15) is 25.7 Å². The van der Waals surface area contributed by atoms with E-state index in [2.05, 4.69) is 33.6 Å². The van der Waals surface area contributed by atoms with Crippen molar-refractivity contribution in [1.82, 2.24) is 16.0 Å². The Morgan fingerprint density at radius 1 is 0.882 bits per heavy atom. The number of amides is 3. The fourth-order valence-electron chi connectivity index (χ4n) is 2.66. The number of thioether (sulfide) groups is 2. The van der Waals surface area contributed by atoms with Crippen LogP contribution in [0.3, 0.4) is 0 Å². The lowest BCUT2D eigenvalue weighted by molar-refractivity contribution is -0.142. The SMILES string of the molecule is CSCCC(N)C(=O)NC(CS)C(=O)NC(CCSC)C(=O)NC(CCCN=C(N)N)C(=O)O. The van der Waals surface area contributed by atoms with Crippen LogP contribution in [-0.4, -0.2) is 95.2 Å². The number of carboxylic acids is 1. The van der Waals surface area contributed by atoms with E-state index in [0.717, 1.165) is 0 Å². The minimum atomic E-state index is -1.22. The van der Waals surface area contributed by atoms with Crippen molar-refractivity contribution in [3.05, 3.63) is 0 Å². The number of thiol groups is 1. The van der Waals surface area contributed by atoms with E-state index >= 15 is 0 Å². The number of aliphatic imine (C=N–C) groups is 1. The summed E-state index contributed by atoms with van der Waals surface area (Å²) in [7, 11) is 0. The Balaban J connectivity index is 5.16. The van der Waals surface area contributed by atoms with E-state index in [4.69, 9.17) is 17.2 Å². The van der Waals surface area contributed by atoms with E-state index in [9.17, 15) is 24.3 Å². The van der Waals surface area contributed by atoms with Gasteiger partial charge >= 0.3 is 5.97 Å². The van der Waals surface area contributed by atoms with Crippen molar-refractivity contribution in [3.8, 4) is 0 Å². The molecule has 10 N–H and O–H groups in total. The first-order valence-corrected chi connectivity index (χ1v) is 14.0. The third kappa shape index (κ3) is 13.8. The molecule has 3 amide bonds. The zero-order valence-electron chi connectivity index (χ0n) is 19.5. The number of carbonyl (C=O) groups excluding carboxylic acids is 3. The number of guanidine groups is 1. The summed E-state index contributed by atoms with van der Waals surface area (Å²) in [5.74, 6) is -1.83. The molecule has 0 aromatic heterocycles. The van der Waals surface area contributed by atoms with Crippen molar-refractivity contribution in [2.45, 2.75) is 49.9 Å². The van der Waals surface area contributed by atoms with Crippen molar-refractivity contribution in [1.29, 1.82) is 0 Å². The van der Waals surface area contributed by atoms with Crippen LogP contribution < -0.4 is 33.2 Å². The van der Waals surface area contributed by atoms with Crippen molar-refractivity contribution >= 4 is 65.8 Å². The first-order chi connectivity index (χ1) is 16.1. The molecule has 0 aliphatic rings. The summed E-state index contributed by atoms with van der Waals surface area (Å²) in [4.78, 5) is 53.2. The monoisotopic (exact) mass is 539 g/mol. The summed E-state index contributed by atoms with van der Waals surface area (Å²) >= 11 is 7.14. The number of nitrogens with one attached hydrogen (secondary N) is 3. The minimum absolute atomic E-state index is 0.00771. The van der Waals surface area contributed by atoms with Gasteiger partial charge in [-0.15, -0.1) is 0 Å². The molecule has 0 fully saturated rings. The fourth-order valence-corrected chi connectivity index (χ4v) is 3.88. The highest BCUT2D eigenvalue weighted by Gasteiger charge is 2.29. The summed E-state index contributed by atoms with van der Waals surface area (Å²) in [6, 6.07) is -3.95. The van der Waals surface area contributed by atoms with Gasteiger partial charge < -0.3 is 38.3 Å². The van der Waals surface area contributed by atoms with Gasteiger partial charge in [0.15, 0.2) is 5.96 Å². The summed E-state index contributed by atoms with van der Waals surface area (Å²) in [5, 5.41) is 17.1. The predicted molar refractivity (Wildman–Crippen MR) is 141 cm³/mol. The number of hydrogen-bond donors (Lipinski definition) is 8. The Labute approximate surface area is 214 Å². The molecule has 0 saturated heterocycles. The first-order valence-electron chi connectivity index (χ1n) is 10.6. The number of aliphatic carboxylic acids is 1. The van der Waals surface area contributed by atoms with E-state index in [0.29, 0.717) is 24.3 Å². The molecule has 0 aromatic carbocycles. The predicted octanol–water partition coefficient (Wildman–Crippen LogP) is -1.66. The maximum Gasteiger partial charge on any atom is 0.326 e. The Bertz CT molecular complexity index is 695. The van der Waals surface area contributed by atoms with Gasteiger partial charge in [0.25, 0.3) is 0 Å². The van der Waals surface area contributed by atoms with Crippen LogP contribution in [0.15, 0.2) is 4.99 Å². The maximum atomic E-state index is 12.8. The highest BCUT2D eigenvalue weighted by molar-refractivity contribution is 7.98. The van der Waals surface area contributed by atoms with Gasteiger partial charge in [-0.05, 0) is 49.7 Å². The van der Waals surface area contributed by atoms with Crippen molar-refractivity contribution in [2.75, 3.05) is 36.3 Å². The molecule has 0 bridgehead atoms. The van der Waals surface area contributed by atoms with Gasteiger partial charge in [-0.1, -0.05) is 0 Å². The van der Waals surface area contributed by atoms with Gasteiger partial charge in [-0.2, -0.15) is 36.2 Å². The summed E-state index contributed by atoms with van der Waals surface area (Å²) in [5.41, 5.74) is 16.3. The molecule has 4 unspecified atom stereocenters. The van der Waals surface area contributed by atoms with E-state index in [-0.39, 0.29) is 31.1 Å². The van der Waals surface area contributed by atoms with Gasteiger partial charge in [0.1, 0.15) is 18.1 Å². The second kappa shape index (κ2) is 18.5. The molecule has 0 radical (unpaired) electrons. The second-order valence-electron chi connectivity index (χ2n) is 7.32.